The highest BCUT2D eigenvalue weighted by Gasteiger charge is 2.06. The van der Waals surface area contributed by atoms with E-state index in [9.17, 15) is 8.78 Å². The van der Waals surface area contributed by atoms with Gasteiger partial charge in [0.2, 0.25) is 0 Å². The van der Waals surface area contributed by atoms with E-state index in [1.54, 1.807) is 0 Å². The van der Waals surface area contributed by atoms with Crippen LogP contribution in [-0.4, -0.2) is 0 Å². The van der Waals surface area contributed by atoms with E-state index in [1.807, 2.05) is 6.07 Å². The molecule has 5 heteroatoms. The maximum absolute atomic E-state index is 13.1. The second-order valence-corrected chi connectivity index (χ2v) is 4.30. The third-order valence-electron chi connectivity index (χ3n) is 2.58. The van der Waals surface area contributed by atoms with Crippen LogP contribution in [0.2, 0.25) is 5.02 Å². The van der Waals surface area contributed by atoms with Crippen LogP contribution in [0, 0.1) is 23.0 Å². The van der Waals surface area contributed by atoms with Crippen LogP contribution in [-0.2, 0) is 6.54 Å². The fourth-order valence-corrected chi connectivity index (χ4v) is 1.82. The van der Waals surface area contributed by atoms with Crippen molar-refractivity contribution >= 4 is 17.3 Å². The summed E-state index contributed by atoms with van der Waals surface area (Å²) >= 11 is 5.93. The van der Waals surface area contributed by atoms with Crippen LogP contribution < -0.4 is 5.32 Å². The largest absolute Gasteiger partial charge is 0.380 e. The molecule has 2 aromatic rings. The van der Waals surface area contributed by atoms with Gasteiger partial charge in [-0.25, -0.2) is 8.78 Å². The Balaban J connectivity index is 2.19. The Labute approximate surface area is 114 Å². The van der Waals surface area contributed by atoms with Crippen molar-refractivity contribution in [3.05, 3.63) is 64.2 Å². The Kier molecular flexibility index (Phi) is 3.98. The molecule has 0 saturated heterocycles. The Morgan fingerprint density at radius 2 is 1.79 bits per heavy atom. The maximum atomic E-state index is 13.1. The molecule has 0 heterocycles. The average molecular weight is 279 g/mol. The molecule has 0 atom stereocenters. The number of nitrogens with zero attached hydrogens (tertiary/aromatic N) is 1. The highest BCUT2D eigenvalue weighted by Crippen LogP contribution is 2.21. The standard InChI is InChI=1S/C14H9ClF2N2/c15-13-3-1-11(16)6-10(13)8-19-14-4-2-12(17)5-9(14)7-18/h1-6,19H,8H2. The van der Waals surface area contributed by atoms with Crippen molar-refractivity contribution in [1.82, 2.24) is 0 Å². The quantitative estimate of drug-likeness (QED) is 0.917. The van der Waals surface area contributed by atoms with E-state index in [2.05, 4.69) is 5.32 Å². The van der Waals surface area contributed by atoms with Gasteiger partial charge < -0.3 is 5.32 Å². The van der Waals surface area contributed by atoms with E-state index in [1.165, 1.54) is 30.3 Å². The molecule has 96 valence electrons. The minimum atomic E-state index is -0.481. The molecule has 2 rings (SSSR count). The molecule has 0 radical (unpaired) electrons. The molecule has 2 nitrogen and oxygen atoms in total. The molecule has 1 N–H and O–H groups in total. The molecule has 0 aliphatic rings. The number of halogens is 3. The SMILES string of the molecule is N#Cc1cc(F)ccc1NCc1cc(F)ccc1Cl. The lowest BCUT2D eigenvalue weighted by molar-refractivity contribution is 0.626. The monoisotopic (exact) mass is 278 g/mol. The summed E-state index contributed by atoms with van der Waals surface area (Å²) in [5.74, 6) is -0.869. The molecule has 0 aliphatic carbocycles. The second kappa shape index (κ2) is 5.68. The molecule has 19 heavy (non-hydrogen) atoms. The lowest BCUT2D eigenvalue weighted by Crippen LogP contribution is -2.02. The lowest BCUT2D eigenvalue weighted by atomic mass is 10.1. The first kappa shape index (κ1) is 13.3. The summed E-state index contributed by atoms with van der Waals surface area (Å²) in [4.78, 5) is 0. The van der Waals surface area contributed by atoms with E-state index in [-0.39, 0.29) is 17.9 Å². The number of nitrogens with one attached hydrogen (secondary N) is 1. The highest BCUT2D eigenvalue weighted by molar-refractivity contribution is 6.31. The van der Waals surface area contributed by atoms with E-state index in [0.717, 1.165) is 6.07 Å². The van der Waals surface area contributed by atoms with E-state index in [0.29, 0.717) is 16.3 Å². The summed E-state index contributed by atoms with van der Waals surface area (Å²) in [6.45, 7) is 0.247. The van der Waals surface area contributed by atoms with Crippen molar-refractivity contribution < 1.29 is 8.78 Å². The van der Waals surface area contributed by atoms with Crippen LogP contribution in [0.3, 0.4) is 0 Å². The molecule has 0 spiro atoms. The molecule has 0 aromatic heterocycles. The molecular formula is C14H9ClF2N2. The van der Waals surface area contributed by atoms with Gasteiger partial charge in [0.05, 0.1) is 11.3 Å². The zero-order valence-electron chi connectivity index (χ0n) is 9.75. The molecule has 0 aliphatic heterocycles. The number of hydrogen-bond acceptors (Lipinski definition) is 2. The zero-order chi connectivity index (χ0) is 13.8. The third kappa shape index (κ3) is 3.21. The molecule has 0 fully saturated rings. The fraction of sp³-hybridized carbons (Fsp3) is 0.0714. The van der Waals surface area contributed by atoms with Crippen LogP contribution in [0.25, 0.3) is 0 Å². The predicted octanol–water partition coefficient (Wildman–Crippen LogP) is 4.10. The Bertz CT molecular complexity index is 650. The minimum Gasteiger partial charge on any atom is -0.380 e. The Hall–Kier alpha value is -2.12. The van der Waals surface area contributed by atoms with Gasteiger partial charge in [0, 0.05) is 11.6 Å². The van der Waals surface area contributed by atoms with Crippen molar-refractivity contribution in [1.29, 1.82) is 5.26 Å². The summed E-state index contributed by atoms with van der Waals surface area (Å²) in [6, 6.07) is 9.77. The second-order valence-electron chi connectivity index (χ2n) is 3.89. The number of hydrogen-bond donors (Lipinski definition) is 1. The molecule has 0 saturated carbocycles. The van der Waals surface area contributed by atoms with Gasteiger partial charge in [-0.05, 0) is 42.0 Å². The van der Waals surface area contributed by atoms with E-state index >= 15 is 0 Å². The molecule has 0 bridgehead atoms. The fourth-order valence-electron chi connectivity index (χ4n) is 1.63. The number of nitriles is 1. The summed E-state index contributed by atoms with van der Waals surface area (Å²) in [5.41, 5.74) is 1.23. The Morgan fingerprint density at radius 1 is 1.11 bits per heavy atom. The van der Waals surface area contributed by atoms with Crippen molar-refractivity contribution in [2.24, 2.45) is 0 Å². The highest BCUT2D eigenvalue weighted by atomic mass is 35.5. The van der Waals surface area contributed by atoms with Gasteiger partial charge in [-0.1, -0.05) is 11.6 Å². The summed E-state index contributed by atoms with van der Waals surface area (Å²) in [7, 11) is 0. The zero-order valence-corrected chi connectivity index (χ0v) is 10.5. The Morgan fingerprint density at radius 3 is 2.53 bits per heavy atom. The topological polar surface area (TPSA) is 35.8 Å². The van der Waals surface area contributed by atoms with Gasteiger partial charge in [-0.15, -0.1) is 0 Å². The van der Waals surface area contributed by atoms with Crippen LogP contribution in [0.4, 0.5) is 14.5 Å². The molecule has 0 amide bonds. The number of anilines is 1. The minimum absolute atomic E-state index is 0.188. The van der Waals surface area contributed by atoms with Crippen molar-refractivity contribution in [2.45, 2.75) is 6.54 Å². The van der Waals surface area contributed by atoms with Crippen LogP contribution in [0.1, 0.15) is 11.1 Å². The van der Waals surface area contributed by atoms with Gasteiger partial charge in [0.1, 0.15) is 17.7 Å². The smallest absolute Gasteiger partial charge is 0.124 e. The first-order chi connectivity index (χ1) is 9.10. The average Bonchev–Trinajstić information content (AvgIpc) is 2.40. The third-order valence-corrected chi connectivity index (χ3v) is 2.95. The predicted molar refractivity (Wildman–Crippen MR) is 69.9 cm³/mol. The van der Waals surface area contributed by atoms with Gasteiger partial charge in [0.15, 0.2) is 0 Å². The van der Waals surface area contributed by atoms with Crippen molar-refractivity contribution in [3.63, 3.8) is 0 Å². The first-order valence-electron chi connectivity index (χ1n) is 5.47. The molecule has 0 unspecified atom stereocenters. The van der Waals surface area contributed by atoms with Crippen molar-refractivity contribution in [3.8, 4) is 6.07 Å². The first-order valence-corrected chi connectivity index (χ1v) is 5.85. The lowest BCUT2D eigenvalue weighted by Gasteiger charge is -2.09. The van der Waals surface area contributed by atoms with Gasteiger partial charge in [-0.2, -0.15) is 5.26 Å². The van der Waals surface area contributed by atoms with Crippen molar-refractivity contribution in [2.75, 3.05) is 5.32 Å². The summed E-state index contributed by atoms with van der Waals surface area (Å²) in [6.07, 6.45) is 0. The summed E-state index contributed by atoms with van der Waals surface area (Å²) < 4.78 is 26.0. The van der Waals surface area contributed by atoms with Crippen LogP contribution in [0.15, 0.2) is 36.4 Å². The van der Waals surface area contributed by atoms with E-state index < -0.39 is 5.82 Å². The van der Waals surface area contributed by atoms with Crippen LogP contribution in [0.5, 0.6) is 0 Å². The van der Waals surface area contributed by atoms with Gasteiger partial charge in [0.25, 0.3) is 0 Å². The van der Waals surface area contributed by atoms with Gasteiger partial charge >= 0.3 is 0 Å². The molecule has 2 aromatic carbocycles. The number of rotatable bonds is 3. The number of benzene rings is 2. The summed E-state index contributed by atoms with van der Waals surface area (Å²) in [5, 5.41) is 12.3. The molecular weight excluding hydrogens is 270 g/mol. The maximum Gasteiger partial charge on any atom is 0.124 e. The normalized spacial score (nSPS) is 10.0. The van der Waals surface area contributed by atoms with Crippen LogP contribution >= 0.6 is 11.6 Å². The van der Waals surface area contributed by atoms with Gasteiger partial charge in [-0.3, -0.25) is 0 Å². The van der Waals surface area contributed by atoms with E-state index in [4.69, 9.17) is 16.9 Å².